The maximum Gasteiger partial charge on any atom is 0.323 e. The fourth-order valence-corrected chi connectivity index (χ4v) is 3.16. The van der Waals surface area contributed by atoms with Crippen LogP contribution in [0.1, 0.15) is 12.6 Å². The quantitative estimate of drug-likeness (QED) is 0.833. The lowest BCUT2D eigenvalue weighted by atomic mass is 10.2. The number of hydrogen-bond acceptors (Lipinski definition) is 4. The van der Waals surface area contributed by atoms with Crippen molar-refractivity contribution >= 4 is 39.1 Å². The molecule has 0 saturated heterocycles. The van der Waals surface area contributed by atoms with Crippen molar-refractivity contribution in [3.8, 4) is 10.6 Å². The number of likely N-dealkylation sites (N-methyl/N-ethyl adjacent to an activating group) is 1. The van der Waals surface area contributed by atoms with E-state index in [1.54, 1.807) is 6.92 Å². The number of carboxylic acids is 1. The average Bonchev–Trinajstić information content (AvgIpc) is 2.93. The third kappa shape index (κ3) is 4.38. The maximum atomic E-state index is 12.1. The highest BCUT2D eigenvalue weighted by atomic mass is 79.9. The summed E-state index contributed by atoms with van der Waals surface area (Å²) < 4.78 is 0.969. The molecule has 0 aliphatic rings. The highest BCUT2D eigenvalue weighted by molar-refractivity contribution is 9.10. The van der Waals surface area contributed by atoms with Crippen molar-refractivity contribution in [1.82, 2.24) is 9.88 Å². The zero-order valence-electron chi connectivity index (χ0n) is 12.0. The molecule has 1 N–H and O–H groups in total. The van der Waals surface area contributed by atoms with E-state index in [0.29, 0.717) is 12.2 Å². The van der Waals surface area contributed by atoms with Gasteiger partial charge in [0.05, 0.1) is 12.1 Å². The van der Waals surface area contributed by atoms with Crippen LogP contribution in [0.25, 0.3) is 10.6 Å². The number of aliphatic carboxylic acids is 1. The molecule has 0 unspecified atom stereocenters. The SMILES string of the molecule is CCN(CC(=O)O)C(=O)Cc1csc(-c2cccc(Br)c2)n1. The molecule has 0 bridgehead atoms. The van der Waals surface area contributed by atoms with Crippen LogP contribution < -0.4 is 0 Å². The summed E-state index contributed by atoms with van der Waals surface area (Å²) in [6.45, 7) is 1.85. The van der Waals surface area contributed by atoms with Gasteiger partial charge in [-0.15, -0.1) is 11.3 Å². The first-order valence-corrected chi connectivity index (χ1v) is 8.36. The average molecular weight is 383 g/mol. The highest BCUT2D eigenvalue weighted by Crippen LogP contribution is 2.26. The normalized spacial score (nSPS) is 10.5. The van der Waals surface area contributed by atoms with Crippen molar-refractivity contribution < 1.29 is 14.7 Å². The number of aromatic nitrogens is 1. The lowest BCUT2D eigenvalue weighted by Crippen LogP contribution is -2.36. The van der Waals surface area contributed by atoms with Gasteiger partial charge >= 0.3 is 5.97 Å². The Kier molecular flexibility index (Phi) is 5.68. The largest absolute Gasteiger partial charge is 0.480 e. The summed E-state index contributed by atoms with van der Waals surface area (Å²) in [6, 6.07) is 7.79. The van der Waals surface area contributed by atoms with E-state index < -0.39 is 5.97 Å². The molecular weight excluding hydrogens is 368 g/mol. The molecule has 0 spiro atoms. The smallest absolute Gasteiger partial charge is 0.323 e. The molecule has 116 valence electrons. The van der Waals surface area contributed by atoms with Crippen molar-refractivity contribution in [2.75, 3.05) is 13.1 Å². The Hall–Kier alpha value is -1.73. The Labute approximate surface area is 140 Å². The summed E-state index contributed by atoms with van der Waals surface area (Å²) in [6.07, 6.45) is 0.117. The van der Waals surface area contributed by atoms with E-state index in [0.717, 1.165) is 15.0 Å². The molecule has 0 radical (unpaired) electrons. The van der Waals surface area contributed by atoms with E-state index in [9.17, 15) is 9.59 Å². The van der Waals surface area contributed by atoms with Crippen LogP contribution in [0.4, 0.5) is 0 Å². The molecule has 1 aromatic heterocycles. The van der Waals surface area contributed by atoms with Gasteiger partial charge in [0.25, 0.3) is 0 Å². The summed E-state index contributed by atoms with van der Waals surface area (Å²) in [5.74, 6) is -1.24. The lowest BCUT2D eigenvalue weighted by Gasteiger charge is -2.17. The summed E-state index contributed by atoms with van der Waals surface area (Å²) in [7, 11) is 0. The molecule has 1 heterocycles. The lowest BCUT2D eigenvalue weighted by molar-refractivity contribution is -0.144. The topological polar surface area (TPSA) is 70.5 Å². The Balaban J connectivity index is 2.08. The Morgan fingerprint density at radius 3 is 2.82 bits per heavy atom. The van der Waals surface area contributed by atoms with Crippen molar-refractivity contribution in [2.45, 2.75) is 13.3 Å². The predicted molar refractivity (Wildman–Crippen MR) is 88.8 cm³/mol. The minimum atomic E-state index is -1.01. The van der Waals surface area contributed by atoms with Gasteiger partial charge in [0.15, 0.2) is 0 Å². The van der Waals surface area contributed by atoms with Gasteiger partial charge in [-0.1, -0.05) is 28.1 Å². The van der Waals surface area contributed by atoms with E-state index in [1.165, 1.54) is 16.2 Å². The number of rotatable bonds is 6. The van der Waals surface area contributed by atoms with Crippen LogP contribution in [0.3, 0.4) is 0 Å². The van der Waals surface area contributed by atoms with Crippen LogP contribution >= 0.6 is 27.3 Å². The van der Waals surface area contributed by atoms with Crippen LogP contribution in [0.15, 0.2) is 34.1 Å². The third-order valence-electron chi connectivity index (χ3n) is 3.02. The second-order valence-electron chi connectivity index (χ2n) is 4.63. The fraction of sp³-hybridized carbons (Fsp3) is 0.267. The Morgan fingerprint density at radius 2 is 2.18 bits per heavy atom. The number of carboxylic acid groups (broad SMARTS) is 1. The summed E-state index contributed by atoms with van der Waals surface area (Å²) in [5.41, 5.74) is 1.64. The zero-order valence-corrected chi connectivity index (χ0v) is 14.4. The number of hydrogen-bond donors (Lipinski definition) is 1. The summed E-state index contributed by atoms with van der Waals surface area (Å²) >= 11 is 4.89. The molecule has 2 rings (SSSR count). The first kappa shape index (κ1) is 16.6. The number of halogens is 1. The Morgan fingerprint density at radius 1 is 1.41 bits per heavy atom. The third-order valence-corrected chi connectivity index (χ3v) is 4.45. The molecule has 0 fully saturated rings. The molecule has 0 saturated carbocycles. The second kappa shape index (κ2) is 7.51. The molecule has 0 atom stereocenters. The van der Waals surface area contributed by atoms with Crippen LogP contribution in [0.5, 0.6) is 0 Å². The standard InChI is InChI=1S/C15H15BrN2O3S/c1-2-18(8-14(20)21)13(19)7-12-9-22-15(17-12)10-4-3-5-11(16)6-10/h3-6,9H,2,7-8H2,1H3,(H,20,21). The summed E-state index contributed by atoms with van der Waals surface area (Å²) in [4.78, 5) is 28.6. The molecule has 2 aromatic rings. The van der Waals surface area contributed by atoms with Gasteiger partial charge < -0.3 is 10.0 Å². The van der Waals surface area contributed by atoms with Crippen LogP contribution in [-0.4, -0.2) is 40.0 Å². The van der Waals surface area contributed by atoms with Gasteiger partial charge in [0.2, 0.25) is 5.91 Å². The van der Waals surface area contributed by atoms with E-state index in [-0.39, 0.29) is 18.9 Å². The predicted octanol–water partition coefficient (Wildman–Crippen LogP) is 3.05. The second-order valence-corrected chi connectivity index (χ2v) is 6.41. The first-order valence-electron chi connectivity index (χ1n) is 6.69. The number of carbonyl (C=O) groups is 2. The van der Waals surface area contributed by atoms with Gasteiger partial charge in [-0.25, -0.2) is 4.98 Å². The van der Waals surface area contributed by atoms with Gasteiger partial charge in [-0.05, 0) is 19.1 Å². The molecule has 1 aromatic carbocycles. The van der Waals surface area contributed by atoms with Crippen LogP contribution in [-0.2, 0) is 16.0 Å². The van der Waals surface area contributed by atoms with E-state index in [2.05, 4.69) is 20.9 Å². The maximum absolute atomic E-state index is 12.1. The molecular formula is C15H15BrN2O3S. The molecule has 7 heteroatoms. The van der Waals surface area contributed by atoms with Crippen molar-refractivity contribution in [1.29, 1.82) is 0 Å². The molecule has 5 nitrogen and oxygen atoms in total. The van der Waals surface area contributed by atoms with E-state index in [4.69, 9.17) is 5.11 Å². The number of thiazole rings is 1. The fourth-order valence-electron chi connectivity index (χ4n) is 1.95. The molecule has 0 aliphatic heterocycles. The number of amides is 1. The number of carbonyl (C=O) groups excluding carboxylic acids is 1. The highest BCUT2D eigenvalue weighted by Gasteiger charge is 2.17. The van der Waals surface area contributed by atoms with Crippen molar-refractivity contribution in [3.05, 3.63) is 39.8 Å². The molecule has 1 amide bonds. The zero-order chi connectivity index (χ0) is 16.1. The van der Waals surface area contributed by atoms with Crippen molar-refractivity contribution in [2.24, 2.45) is 0 Å². The van der Waals surface area contributed by atoms with Gasteiger partial charge in [-0.2, -0.15) is 0 Å². The molecule has 22 heavy (non-hydrogen) atoms. The van der Waals surface area contributed by atoms with Gasteiger partial charge in [0, 0.05) is 22.0 Å². The van der Waals surface area contributed by atoms with E-state index >= 15 is 0 Å². The minimum Gasteiger partial charge on any atom is -0.480 e. The van der Waals surface area contributed by atoms with Gasteiger partial charge in [0.1, 0.15) is 11.6 Å². The van der Waals surface area contributed by atoms with Crippen molar-refractivity contribution in [3.63, 3.8) is 0 Å². The summed E-state index contributed by atoms with van der Waals surface area (Å²) in [5, 5.41) is 11.5. The van der Waals surface area contributed by atoms with E-state index in [1.807, 2.05) is 29.6 Å². The van der Waals surface area contributed by atoms with Crippen LogP contribution in [0, 0.1) is 0 Å². The Bertz CT molecular complexity index is 687. The van der Waals surface area contributed by atoms with Gasteiger partial charge in [-0.3, -0.25) is 9.59 Å². The minimum absolute atomic E-state index is 0.117. The number of benzene rings is 1. The number of nitrogens with zero attached hydrogens (tertiary/aromatic N) is 2. The monoisotopic (exact) mass is 382 g/mol. The first-order chi connectivity index (χ1) is 10.5. The molecule has 0 aliphatic carbocycles. The van der Waals surface area contributed by atoms with Crippen LogP contribution in [0.2, 0.25) is 0 Å².